The van der Waals surface area contributed by atoms with E-state index in [0.717, 1.165) is 12.8 Å². The molecule has 0 saturated carbocycles. The van der Waals surface area contributed by atoms with Crippen molar-refractivity contribution < 1.29 is 13.2 Å². The second kappa shape index (κ2) is 6.54. The first kappa shape index (κ1) is 15.9. The van der Waals surface area contributed by atoms with Crippen LogP contribution in [-0.4, -0.2) is 49.4 Å². The predicted octanol–water partition coefficient (Wildman–Crippen LogP) is 0.121. The molecule has 1 aromatic rings. The summed E-state index contributed by atoms with van der Waals surface area (Å²) in [5.74, 6) is 0.531. The number of nitrogens with one attached hydrogen (secondary N) is 1. The van der Waals surface area contributed by atoms with Gasteiger partial charge in [-0.1, -0.05) is 0 Å². The van der Waals surface area contributed by atoms with Gasteiger partial charge in [-0.05, 0) is 32.2 Å². The minimum Gasteiger partial charge on any atom is -0.481 e. The van der Waals surface area contributed by atoms with Gasteiger partial charge in [-0.15, -0.1) is 0 Å². The summed E-state index contributed by atoms with van der Waals surface area (Å²) in [5, 5.41) is 0. The van der Waals surface area contributed by atoms with Crippen molar-refractivity contribution in [2.75, 3.05) is 31.5 Å². The zero-order valence-electron chi connectivity index (χ0n) is 12.2. The molecule has 8 nitrogen and oxygen atoms in total. The molecule has 0 aliphatic carbocycles. The van der Waals surface area contributed by atoms with Crippen LogP contribution in [0.5, 0.6) is 5.88 Å². The molecule has 1 atom stereocenters. The topological polar surface area (TPSA) is 110 Å². The minimum atomic E-state index is -3.67. The van der Waals surface area contributed by atoms with Crippen molar-refractivity contribution in [2.24, 2.45) is 11.7 Å². The van der Waals surface area contributed by atoms with E-state index in [0.29, 0.717) is 31.2 Å². The number of rotatable bonds is 5. The molecular weight excluding hydrogens is 294 g/mol. The maximum atomic E-state index is 12.4. The van der Waals surface area contributed by atoms with Crippen LogP contribution in [0.3, 0.4) is 0 Å². The number of hydrogen-bond acceptors (Lipinski definition) is 6. The molecule has 118 valence electrons. The number of methoxy groups -OCH3 is 1. The van der Waals surface area contributed by atoms with Crippen LogP contribution < -0.4 is 15.2 Å². The molecule has 2 heterocycles. The third kappa shape index (κ3) is 4.02. The van der Waals surface area contributed by atoms with E-state index in [9.17, 15) is 8.42 Å². The smallest absolute Gasteiger partial charge is 0.303 e. The van der Waals surface area contributed by atoms with Gasteiger partial charge in [0.1, 0.15) is 0 Å². The fourth-order valence-corrected chi connectivity index (χ4v) is 3.53. The van der Waals surface area contributed by atoms with Gasteiger partial charge in [0.15, 0.2) is 0 Å². The molecule has 0 radical (unpaired) electrons. The summed E-state index contributed by atoms with van der Waals surface area (Å²) < 4.78 is 33.6. The highest BCUT2D eigenvalue weighted by Crippen LogP contribution is 2.20. The van der Waals surface area contributed by atoms with Gasteiger partial charge in [-0.3, -0.25) is 0 Å². The molecule has 0 spiro atoms. The summed E-state index contributed by atoms with van der Waals surface area (Å²) in [4.78, 5) is 8.06. The van der Waals surface area contributed by atoms with Gasteiger partial charge in [0.2, 0.25) is 11.8 Å². The third-order valence-electron chi connectivity index (χ3n) is 3.42. The van der Waals surface area contributed by atoms with E-state index in [1.807, 2.05) is 0 Å². The number of anilines is 1. The van der Waals surface area contributed by atoms with E-state index < -0.39 is 10.2 Å². The molecule has 0 amide bonds. The summed E-state index contributed by atoms with van der Waals surface area (Å²) in [6, 6.07) is 1.63. The lowest BCUT2D eigenvalue weighted by Gasteiger charge is -2.31. The SMILES string of the molecule is COc1cc(C)nc(NS(=O)(=O)N2CCCC(CN)C2)n1. The van der Waals surface area contributed by atoms with E-state index in [2.05, 4.69) is 14.7 Å². The van der Waals surface area contributed by atoms with Crippen molar-refractivity contribution in [2.45, 2.75) is 19.8 Å². The first-order valence-corrected chi connectivity index (χ1v) is 8.26. The van der Waals surface area contributed by atoms with E-state index in [-0.39, 0.29) is 11.9 Å². The Morgan fingerprint density at radius 2 is 2.29 bits per heavy atom. The molecule has 21 heavy (non-hydrogen) atoms. The summed E-state index contributed by atoms with van der Waals surface area (Å²) in [6.45, 7) is 3.14. The average Bonchev–Trinajstić information content (AvgIpc) is 2.46. The zero-order valence-corrected chi connectivity index (χ0v) is 13.1. The Labute approximate surface area is 124 Å². The number of aryl methyl sites for hydroxylation is 1. The molecule has 1 aromatic heterocycles. The zero-order chi connectivity index (χ0) is 15.5. The number of nitrogens with zero attached hydrogens (tertiary/aromatic N) is 3. The highest BCUT2D eigenvalue weighted by Gasteiger charge is 2.29. The largest absolute Gasteiger partial charge is 0.481 e. The molecule has 0 aromatic carbocycles. The van der Waals surface area contributed by atoms with Crippen LogP contribution in [0, 0.1) is 12.8 Å². The number of nitrogens with two attached hydrogens (primary N) is 1. The Balaban J connectivity index is 2.15. The molecule has 0 bridgehead atoms. The number of aromatic nitrogens is 2. The van der Waals surface area contributed by atoms with Gasteiger partial charge in [-0.2, -0.15) is 17.7 Å². The highest BCUT2D eigenvalue weighted by molar-refractivity contribution is 7.90. The van der Waals surface area contributed by atoms with Gasteiger partial charge in [0.25, 0.3) is 0 Å². The lowest BCUT2D eigenvalue weighted by atomic mass is 10.0. The maximum absolute atomic E-state index is 12.4. The first-order chi connectivity index (χ1) is 9.94. The average molecular weight is 315 g/mol. The standard InChI is InChI=1S/C12H21N5O3S/c1-9-6-11(20-2)15-12(14-9)16-21(18,19)17-5-3-4-10(7-13)8-17/h6,10H,3-5,7-8,13H2,1-2H3,(H,14,15,16). The van der Waals surface area contributed by atoms with E-state index >= 15 is 0 Å². The Morgan fingerprint density at radius 3 is 2.95 bits per heavy atom. The van der Waals surface area contributed by atoms with Gasteiger partial charge in [-0.25, -0.2) is 9.71 Å². The highest BCUT2D eigenvalue weighted by atomic mass is 32.2. The Morgan fingerprint density at radius 1 is 1.52 bits per heavy atom. The third-order valence-corrected chi connectivity index (χ3v) is 4.87. The fraction of sp³-hybridized carbons (Fsp3) is 0.667. The minimum absolute atomic E-state index is 0.0155. The van der Waals surface area contributed by atoms with Crippen molar-refractivity contribution in [1.29, 1.82) is 0 Å². The molecule has 1 fully saturated rings. The van der Waals surface area contributed by atoms with Crippen molar-refractivity contribution in [1.82, 2.24) is 14.3 Å². The molecule has 1 saturated heterocycles. The van der Waals surface area contributed by atoms with Crippen LogP contribution in [0.4, 0.5) is 5.95 Å². The Kier molecular flexibility index (Phi) is 4.96. The molecule has 1 aliphatic rings. The molecule has 2 rings (SSSR count). The predicted molar refractivity (Wildman–Crippen MR) is 79.2 cm³/mol. The lowest BCUT2D eigenvalue weighted by molar-refractivity contribution is 0.272. The second-order valence-corrected chi connectivity index (χ2v) is 6.76. The van der Waals surface area contributed by atoms with Gasteiger partial charge >= 0.3 is 10.2 Å². The quantitative estimate of drug-likeness (QED) is 0.798. The normalized spacial score (nSPS) is 20.2. The van der Waals surface area contributed by atoms with Crippen molar-refractivity contribution in [3.05, 3.63) is 11.8 Å². The van der Waals surface area contributed by atoms with Gasteiger partial charge < -0.3 is 10.5 Å². The fourth-order valence-electron chi connectivity index (χ4n) is 2.31. The van der Waals surface area contributed by atoms with Crippen molar-refractivity contribution in [3.8, 4) is 5.88 Å². The van der Waals surface area contributed by atoms with E-state index in [1.165, 1.54) is 11.4 Å². The van der Waals surface area contributed by atoms with Gasteiger partial charge in [0, 0.05) is 24.8 Å². The Hall–Kier alpha value is -1.45. The summed E-state index contributed by atoms with van der Waals surface area (Å²) in [7, 11) is -2.21. The molecule has 1 aliphatic heterocycles. The van der Waals surface area contributed by atoms with Crippen LogP contribution in [0.25, 0.3) is 0 Å². The molecule has 3 N–H and O–H groups in total. The maximum Gasteiger partial charge on any atom is 0.303 e. The summed E-state index contributed by atoms with van der Waals surface area (Å²) >= 11 is 0. The summed E-state index contributed by atoms with van der Waals surface area (Å²) in [5.41, 5.74) is 6.26. The molecule has 9 heteroatoms. The summed E-state index contributed by atoms with van der Waals surface area (Å²) in [6.07, 6.45) is 1.76. The van der Waals surface area contributed by atoms with Crippen LogP contribution in [0.15, 0.2) is 6.07 Å². The van der Waals surface area contributed by atoms with E-state index in [1.54, 1.807) is 13.0 Å². The monoisotopic (exact) mass is 315 g/mol. The molecule has 1 unspecified atom stereocenters. The van der Waals surface area contributed by atoms with Gasteiger partial charge in [0.05, 0.1) is 7.11 Å². The van der Waals surface area contributed by atoms with Crippen molar-refractivity contribution >= 4 is 16.2 Å². The lowest BCUT2D eigenvalue weighted by Crippen LogP contribution is -2.44. The van der Waals surface area contributed by atoms with Crippen LogP contribution in [0.2, 0.25) is 0 Å². The van der Waals surface area contributed by atoms with E-state index in [4.69, 9.17) is 10.5 Å². The molecular formula is C12H21N5O3S. The van der Waals surface area contributed by atoms with Crippen molar-refractivity contribution in [3.63, 3.8) is 0 Å². The first-order valence-electron chi connectivity index (χ1n) is 6.82. The van der Waals surface area contributed by atoms with Crippen LogP contribution in [0.1, 0.15) is 18.5 Å². The second-order valence-electron chi connectivity index (χ2n) is 5.08. The number of ether oxygens (including phenoxy) is 1. The number of piperidine rings is 1. The Bertz CT molecular complexity index is 593. The van der Waals surface area contributed by atoms with Crippen LogP contribution >= 0.6 is 0 Å². The van der Waals surface area contributed by atoms with Crippen LogP contribution in [-0.2, 0) is 10.2 Å². The number of hydrogen-bond donors (Lipinski definition) is 2.